The maximum Gasteiger partial charge on any atom is 0.272 e. The highest BCUT2D eigenvalue weighted by molar-refractivity contribution is 5.92. The molecule has 0 atom stereocenters. The number of hydrogen-bond acceptors (Lipinski definition) is 4. The molecule has 1 fully saturated rings. The Hall–Kier alpha value is -2.37. The number of rotatable bonds is 6. The maximum atomic E-state index is 12.3. The Balaban J connectivity index is 1.66. The van der Waals surface area contributed by atoms with E-state index >= 15 is 0 Å². The Morgan fingerprint density at radius 1 is 1.48 bits per heavy atom. The molecule has 2 aromatic rings. The molecule has 0 spiro atoms. The van der Waals surface area contributed by atoms with Gasteiger partial charge < -0.3 is 10.1 Å². The lowest BCUT2D eigenvalue weighted by Crippen LogP contribution is -2.24. The SMILES string of the molecule is CC(C)Oc1ncccc1CNC(=O)c1cc(C2CC2)n(C)n1. The Labute approximate surface area is 135 Å². The molecule has 1 amide bonds. The Morgan fingerprint density at radius 3 is 2.96 bits per heavy atom. The van der Waals surface area contributed by atoms with E-state index in [1.54, 1.807) is 6.20 Å². The number of carbonyl (C=O) groups excluding carboxylic acids is 1. The van der Waals surface area contributed by atoms with E-state index in [0.717, 1.165) is 11.3 Å². The molecule has 1 aliphatic carbocycles. The Kier molecular flexibility index (Phi) is 4.32. The summed E-state index contributed by atoms with van der Waals surface area (Å²) < 4.78 is 7.47. The first-order chi connectivity index (χ1) is 11.0. The van der Waals surface area contributed by atoms with Crippen molar-refractivity contribution in [3.63, 3.8) is 0 Å². The van der Waals surface area contributed by atoms with Gasteiger partial charge in [-0.2, -0.15) is 5.10 Å². The summed E-state index contributed by atoms with van der Waals surface area (Å²) in [6.45, 7) is 4.26. The molecule has 0 bridgehead atoms. The molecule has 0 aliphatic heterocycles. The summed E-state index contributed by atoms with van der Waals surface area (Å²) in [5.41, 5.74) is 2.46. The molecule has 122 valence electrons. The number of amides is 1. The molecule has 1 saturated carbocycles. The molecule has 0 radical (unpaired) electrons. The molecule has 3 rings (SSSR count). The second-order valence-corrected chi connectivity index (χ2v) is 6.17. The highest BCUT2D eigenvalue weighted by atomic mass is 16.5. The van der Waals surface area contributed by atoms with Gasteiger partial charge in [-0.1, -0.05) is 6.07 Å². The van der Waals surface area contributed by atoms with Crippen LogP contribution in [0.25, 0.3) is 0 Å². The lowest BCUT2D eigenvalue weighted by molar-refractivity contribution is 0.0944. The van der Waals surface area contributed by atoms with E-state index in [4.69, 9.17) is 4.74 Å². The van der Waals surface area contributed by atoms with Crippen LogP contribution < -0.4 is 10.1 Å². The van der Waals surface area contributed by atoms with Crippen LogP contribution in [0.2, 0.25) is 0 Å². The zero-order chi connectivity index (χ0) is 16.4. The van der Waals surface area contributed by atoms with Crippen molar-refractivity contribution in [3.05, 3.63) is 41.3 Å². The number of nitrogens with zero attached hydrogens (tertiary/aromatic N) is 3. The van der Waals surface area contributed by atoms with Gasteiger partial charge >= 0.3 is 0 Å². The van der Waals surface area contributed by atoms with Crippen molar-refractivity contribution in [2.75, 3.05) is 0 Å². The fraction of sp³-hybridized carbons (Fsp3) is 0.471. The van der Waals surface area contributed by atoms with Gasteiger partial charge in [0.15, 0.2) is 0 Å². The van der Waals surface area contributed by atoms with E-state index in [1.807, 2.05) is 43.8 Å². The summed E-state index contributed by atoms with van der Waals surface area (Å²) in [5, 5.41) is 7.21. The van der Waals surface area contributed by atoms with Gasteiger partial charge in [-0.15, -0.1) is 0 Å². The number of hydrogen-bond donors (Lipinski definition) is 1. The van der Waals surface area contributed by atoms with Crippen LogP contribution in [0.3, 0.4) is 0 Å². The summed E-state index contributed by atoms with van der Waals surface area (Å²) in [7, 11) is 1.89. The summed E-state index contributed by atoms with van der Waals surface area (Å²) in [6, 6.07) is 5.63. The van der Waals surface area contributed by atoms with Gasteiger partial charge in [0.25, 0.3) is 5.91 Å². The molecule has 0 unspecified atom stereocenters. The van der Waals surface area contributed by atoms with Crippen LogP contribution in [0.5, 0.6) is 5.88 Å². The normalized spacial score (nSPS) is 14.1. The fourth-order valence-electron chi connectivity index (χ4n) is 2.51. The zero-order valence-electron chi connectivity index (χ0n) is 13.7. The standard InChI is InChI=1S/C17H22N4O2/c1-11(2)23-17-13(5-4-8-18-17)10-19-16(22)14-9-15(12-6-7-12)21(3)20-14/h4-5,8-9,11-12H,6-7,10H2,1-3H3,(H,19,22). The maximum absolute atomic E-state index is 12.3. The minimum absolute atomic E-state index is 0.0382. The van der Waals surface area contributed by atoms with E-state index < -0.39 is 0 Å². The van der Waals surface area contributed by atoms with Gasteiger partial charge in [-0.3, -0.25) is 9.48 Å². The number of ether oxygens (including phenoxy) is 1. The van der Waals surface area contributed by atoms with E-state index in [0.29, 0.717) is 24.0 Å². The molecule has 2 aromatic heterocycles. The first kappa shape index (κ1) is 15.5. The highest BCUT2D eigenvalue weighted by Crippen LogP contribution is 2.39. The van der Waals surface area contributed by atoms with E-state index in [-0.39, 0.29) is 12.0 Å². The number of aryl methyl sites for hydroxylation is 1. The number of pyridine rings is 1. The predicted octanol–water partition coefficient (Wildman–Crippen LogP) is 2.41. The van der Waals surface area contributed by atoms with Crippen molar-refractivity contribution >= 4 is 5.91 Å². The average molecular weight is 314 g/mol. The summed E-state index contributed by atoms with van der Waals surface area (Å²) in [5.74, 6) is 0.952. The van der Waals surface area contributed by atoms with Crippen molar-refractivity contribution < 1.29 is 9.53 Å². The second kappa shape index (κ2) is 6.40. The fourth-order valence-corrected chi connectivity index (χ4v) is 2.51. The van der Waals surface area contributed by atoms with Crippen molar-refractivity contribution in [1.29, 1.82) is 0 Å². The lowest BCUT2D eigenvalue weighted by Gasteiger charge is -2.12. The van der Waals surface area contributed by atoms with Gasteiger partial charge in [0.2, 0.25) is 5.88 Å². The van der Waals surface area contributed by atoms with Crippen molar-refractivity contribution in [2.45, 2.75) is 45.3 Å². The topological polar surface area (TPSA) is 69.0 Å². The molecular formula is C17H22N4O2. The minimum Gasteiger partial charge on any atom is -0.475 e. The van der Waals surface area contributed by atoms with Crippen LogP contribution in [0.4, 0.5) is 0 Å². The van der Waals surface area contributed by atoms with Crippen molar-refractivity contribution in [3.8, 4) is 5.88 Å². The average Bonchev–Trinajstić information content (AvgIpc) is 3.28. The first-order valence-corrected chi connectivity index (χ1v) is 7.97. The van der Waals surface area contributed by atoms with Crippen LogP contribution in [-0.4, -0.2) is 26.8 Å². The zero-order valence-corrected chi connectivity index (χ0v) is 13.7. The lowest BCUT2D eigenvalue weighted by atomic mass is 10.2. The molecule has 1 aliphatic rings. The third kappa shape index (κ3) is 3.70. The molecular weight excluding hydrogens is 292 g/mol. The van der Waals surface area contributed by atoms with Crippen molar-refractivity contribution in [1.82, 2.24) is 20.1 Å². The summed E-state index contributed by atoms with van der Waals surface area (Å²) >= 11 is 0. The summed E-state index contributed by atoms with van der Waals surface area (Å²) in [6.07, 6.45) is 4.10. The molecule has 6 nitrogen and oxygen atoms in total. The van der Waals surface area contributed by atoms with Crippen LogP contribution in [0.1, 0.15) is 54.4 Å². The molecule has 1 N–H and O–H groups in total. The Bertz CT molecular complexity index is 704. The van der Waals surface area contributed by atoms with E-state index in [9.17, 15) is 4.79 Å². The minimum atomic E-state index is -0.174. The van der Waals surface area contributed by atoms with Crippen molar-refractivity contribution in [2.24, 2.45) is 7.05 Å². The smallest absolute Gasteiger partial charge is 0.272 e. The number of aromatic nitrogens is 3. The van der Waals surface area contributed by atoms with Gasteiger partial charge in [0.1, 0.15) is 5.69 Å². The van der Waals surface area contributed by atoms with Gasteiger partial charge in [-0.05, 0) is 38.8 Å². The number of carbonyl (C=O) groups is 1. The molecule has 6 heteroatoms. The molecule has 0 aromatic carbocycles. The Morgan fingerprint density at radius 2 is 2.26 bits per heavy atom. The van der Waals surface area contributed by atoms with E-state index in [2.05, 4.69) is 15.4 Å². The van der Waals surface area contributed by atoms with Crippen LogP contribution in [0.15, 0.2) is 24.4 Å². The van der Waals surface area contributed by atoms with Gasteiger partial charge in [-0.25, -0.2) is 4.98 Å². The van der Waals surface area contributed by atoms with E-state index in [1.165, 1.54) is 12.8 Å². The van der Waals surface area contributed by atoms with Crippen LogP contribution in [0, 0.1) is 0 Å². The summed E-state index contributed by atoms with van der Waals surface area (Å²) in [4.78, 5) is 16.5. The van der Waals surface area contributed by atoms with Gasteiger partial charge in [0, 0.05) is 37.0 Å². The van der Waals surface area contributed by atoms with Crippen LogP contribution in [-0.2, 0) is 13.6 Å². The predicted molar refractivity (Wildman–Crippen MR) is 86.4 cm³/mol. The third-order valence-corrected chi connectivity index (χ3v) is 3.78. The molecule has 2 heterocycles. The largest absolute Gasteiger partial charge is 0.475 e. The molecule has 23 heavy (non-hydrogen) atoms. The van der Waals surface area contributed by atoms with Crippen LogP contribution >= 0.6 is 0 Å². The monoisotopic (exact) mass is 314 g/mol. The third-order valence-electron chi connectivity index (χ3n) is 3.78. The quantitative estimate of drug-likeness (QED) is 0.889. The first-order valence-electron chi connectivity index (χ1n) is 7.97. The highest BCUT2D eigenvalue weighted by Gasteiger charge is 2.28. The molecule has 0 saturated heterocycles. The van der Waals surface area contributed by atoms with Gasteiger partial charge in [0.05, 0.1) is 6.10 Å². The second-order valence-electron chi connectivity index (χ2n) is 6.17. The number of nitrogens with one attached hydrogen (secondary N) is 1.